The van der Waals surface area contributed by atoms with Crippen LogP contribution in [0.15, 0.2) is 0 Å². The van der Waals surface area contributed by atoms with Gasteiger partial charge in [-0.25, -0.2) is 4.18 Å². The topological polar surface area (TPSA) is 116 Å². The van der Waals surface area contributed by atoms with Crippen LogP contribution in [0.25, 0.3) is 0 Å². The highest BCUT2D eigenvalue weighted by atomic mass is 32.3. The van der Waals surface area contributed by atoms with Crippen molar-refractivity contribution in [2.24, 2.45) is 11.5 Å². The first-order chi connectivity index (χ1) is 5.95. The van der Waals surface area contributed by atoms with Crippen LogP contribution in [0.2, 0.25) is 0 Å². The quantitative estimate of drug-likeness (QED) is 0.378. The molecule has 0 saturated carbocycles. The van der Waals surface area contributed by atoms with Crippen molar-refractivity contribution in [1.82, 2.24) is 0 Å². The molecular formula is C6H16N2O4S. The first kappa shape index (κ1) is 12.8. The van der Waals surface area contributed by atoms with Gasteiger partial charge in [0, 0.05) is 6.04 Å². The fourth-order valence-electron chi connectivity index (χ4n) is 0.808. The van der Waals surface area contributed by atoms with E-state index in [9.17, 15) is 8.42 Å². The van der Waals surface area contributed by atoms with E-state index >= 15 is 0 Å². The van der Waals surface area contributed by atoms with Crippen LogP contribution in [-0.2, 0) is 14.6 Å². The van der Waals surface area contributed by atoms with Gasteiger partial charge in [0.2, 0.25) is 0 Å². The summed E-state index contributed by atoms with van der Waals surface area (Å²) in [6.07, 6.45) is 2.30. The largest absolute Gasteiger partial charge is 0.397 e. The SMILES string of the molecule is NCCCC[C@H](N)COS(=O)(=O)O. The van der Waals surface area contributed by atoms with Gasteiger partial charge in [-0.1, -0.05) is 6.42 Å². The minimum atomic E-state index is -4.35. The molecule has 13 heavy (non-hydrogen) atoms. The maximum absolute atomic E-state index is 10.1. The molecule has 80 valence electrons. The van der Waals surface area contributed by atoms with Crippen molar-refractivity contribution in [3.8, 4) is 0 Å². The second kappa shape index (κ2) is 6.28. The van der Waals surface area contributed by atoms with Crippen LogP contribution in [0.4, 0.5) is 0 Å². The van der Waals surface area contributed by atoms with Gasteiger partial charge in [-0.2, -0.15) is 8.42 Å². The Morgan fingerprint density at radius 2 is 2.00 bits per heavy atom. The van der Waals surface area contributed by atoms with E-state index in [1.807, 2.05) is 0 Å². The first-order valence-corrected chi connectivity index (χ1v) is 5.39. The average Bonchev–Trinajstić information content (AvgIpc) is 2.00. The van der Waals surface area contributed by atoms with E-state index in [-0.39, 0.29) is 12.6 Å². The molecule has 5 N–H and O–H groups in total. The second-order valence-corrected chi connectivity index (χ2v) is 3.85. The van der Waals surface area contributed by atoms with Crippen molar-refractivity contribution in [3.63, 3.8) is 0 Å². The van der Waals surface area contributed by atoms with Gasteiger partial charge in [-0.3, -0.25) is 4.55 Å². The molecule has 0 saturated heterocycles. The molecule has 0 aliphatic rings. The molecule has 0 aliphatic carbocycles. The van der Waals surface area contributed by atoms with Gasteiger partial charge in [-0.15, -0.1) is 0 Å². The van der Waals surface area contributed by atoms with E-state index < -0.39 is 10.4 Å². The van der Waals surface area contributed by atoms with E-state index in [1.165, 1.54) is 0 Å². The molecule has 0 aromatic rings. The monoisotopic (exact) mass is 212 g/mol. The molecule has 6 nitrogen and oxygen atoms in total. The molecule has 0 aromatic heterocycles. The Hall–Kier alpha value is -0.210. The summed E-state index contributed by atoms with van der Waals surface area (Å²) in [5.41, 5.74) is 10.7. The summed E-state index contributed by atoms with van der Waals surface area (Å²) in [6, 6.07) is -0.381. The number of hydrogen-bond acceptors (Lipinski definition) is 5. The summed E-state index contributed by atoms with van der Waals surface area (Å²) >= 11 is 0. The molecule has 0 rings (SSSR count). The Morgan fingerprint density at radius 1 is 1.38 bits per heavy atom. The number of hydrogen-bond donors (Lipinski definition) is 3. The highest BCUT2D eigenvalue weighted by Gasteiger charge is 2.08. The molecule has 0 amide bonds. The summed E-state index contributed by atoms with van der Waals surface area (Å²) in [6.45, 7) is 0.398. The third-order valence-electron chi connectivity index (χ3n) is 1.46. The smallest absolute Gasteiger partial charge is 0.330 e. The molecule has 0 heterocycles. The third kappa shape index (κ3) is 9.71. The zero-order chi connectivity index (χ0) is 10.3. The third-order valence-corrected chi connectivity index (χ3v) is 1.89. The van der Waals surface area contributed by atoms with Crippen LogP contribution >= 0.6 is 0 Å². The standard InChI is InChI=1S/C6H16N2O4S/c7-4-2-1-3-6(8)5-12-13(9,10)11/h6H,1-5,7-8H2,(H,9,10,11)/t6-/m0/s1. The van der Waals surface area contributed by atoms with Crippen molar-refractivity contribution in [1.29, 1.82) is 0 Å². The number of rotatable bonds is 7. The maximum Gasteiger partial charge on any atom is 0.397 e. The molecule has 1 atom stereocenters. The van der Waals surface area contributed by atoms with Gasteiger partial charge in [0.15, 0.2) is 0 Å². The summed E-state index contributed by atoms with van der Waals surface area (Å²) in [5.74, 6) is 0. The van der Waals surface area contributed by atoms with Crippen molar-refractivity contribution < 1.29 is 17.2 Å². The molecule has 0 bridgehead atoms. The molecule has 0 aromatic carbocycles. The highest BCUT2D eigenvalue weighted by molar-refractivity contribution is 7.80. The van der Waals surface area contributed by atoms with Crippen LogP contribution in [-0.4, -0.2) is 32.2 Å². The number of nitrogens with two attached hydrogens (primary N) is 2. The van der Waals surface area contributed by atoms with Gasteiger partial charge in [-0.05, 0) is 19.4 Å². The van der Waals surface area contributed by atoms with Gasteiger partial charge in [0.25, 0.3) is 0 Å². The Kier molecular flexibility index (Phi) is 6.17. The summed E-state index contributed by atoms with van der Waals surface area (Å²) in [4.78, 5) is 0. The summed E-state index contributed by atoms with van der Waals surface area (Å²) < 4.78 is 32.6. The van der Waals surface area contributed by atoms with E-state index in [4.69, 9.17) is 16.0 Å². The Morgan fingerprint density at radius 3 is 2.46 bits per heavy atom. The lowest BCUT2D eigenvalue weighted by Crippen LogP contribution is -2.27. The molecule has 7 heteroatoms. The van der Waals surface area contributed by atoms with Crippen molar-refractivity contribution >= 4 is 10.4 Å². The lowest BCUT2D eigenvalue weighted by molar-refractivity contribution is 0.245. The summed E-state index contributed by atoms with van der Waals surface area (Å²) in [5, 5.41) is 0. The fourth-order valence-corrected chi connectivity index (χ4v) is 1.15. The van der Waals surface area contributed by atoms with Gasteiger partial charge < -0.3 is 11.5 Å². The van der Waals surface area contributed by atoms with Crippen molar-refractivity contribution in [2.45, 2.75) is 25.3 Å². The highest BCUT2D eigenvalue weighted by Crippen LogP contribution is 1.99. The van der Waals surface area contributed by atoms with Gasteiger partial charge in [0.1, 0.15) is 0 Å². The fraction of sp³-hybridized carbons (Fsp3) is 1.00. The predicted molar refractivity (Wildman–Crippen MR) is 48.4 cm³/mol. The molecule has 0 fully saturated rings. The molecule has 0 radical (unpaired) electrons. The molecule has 0 spiro atoms. The van der Waals surface area contributed by atoms with E-state index in [2.05, 4.69) is 4.18 Å². The zero-order valence-electron chi connectivity index (χ0n) is 7.35. The van der Waals surface area contributed by atoms with Crippen molar-refractivity contribution in [3.05, 3.63) is 0 Å². The second-order valence-electron chi connectivity index (χ2n) is 2.76. The van der Waals surface area contributed by atoms with Crippen LogP contribution < -0.4 is 11.5 Å². The molecular weight excluding hydrogens is 196 g/mol. The van der Waals surface area contributed by atoms with Gasteiger partial charge >= 0.3 is 10.4 Å². The average molecular weight is 212 g/mol. The Bertz CT molecular complexity index is 217. The summed E-state index contributed by atoms with van der Waals surface area (Å²) in [7, 11) is -4.35. The lowest BCUT2D eigenvalue weighted by atomic mass is 10.1. The van der Waals surface area contributed by atoms with Crippen LogP contribution in [0.3, 0.4) is 0 Å². The van der Waals surface area contributed by atoms with Crippen LogP contribution in [0, 0.1) is 0 Å². The normalized spacial score (nSPS) is 14.4. The zero-order valence-corrected chi connectivity index (χ0v) is 8.16. The lowest BCUT2D eigenvalue weighted by Gasteiger charge is -2.09. The van der Waals surface area contributed by atoms with E-state index in [0.717, 1.165) is 12.8 Å². The Labute approximate surface area is 78.2 Å². The molecule has 0 unspecified atom stereocenters. The predicted octanol–water partition coefficient (Wildman–Crippen LogP) is -0.738. The van der Waals surface area contributed by atoms with Gasteiger partial charge in [0.05, 0.1) is 6.61 Å². The minimum Gasteiger partial charge on any atom is -0.330 e. The minimum absolute atomic E-state index is 0.191. The van der Waals surface area contributed by atoms with Crippen molar-refractivity contribution in [2.75, 3.05) is 13.2 Å². The van der Waals surface area contributed by atoms with Crippen LogP contribution in [0.1, 0.15) is 19.3 Å². The molecule has 0 aliphatic heterocycles. The maximum atomic E-state index is 10.1. The van der Waals surface area contributed by atoms with E-state index in [0.29, 0.717) is 13.0 Å². The van der Waals surface area contributed by atoms with Crippen LogP contribution in [0.5, 0.6) is 0 Å². The first-order valence-electron chi connectivity index (χ1n) is 4.03. The Balaban J connectivity index is 3.46. The number of unbranched alkanes of at least 4 members (excludes halogenated alkanes) is 1. The van der Waals surface area contributed by atoms with E-state index in [1.54, 1.807) is 0 Å².